The monoisotopic (exact) mass is 502 g/mol. The van der Waals surface area contributed by atoms with Crippen LogP contribution >= 0.6 is 46.4 Å². The maximum atomic E-state index is 13.4. The lowest BCUT2D eigenvalue weighted by Crippen LogP contribution is -2.49. The molecule has 31 heavy (non-hydrogen) atoms. The third-order valence-electron chi connectivity index (χ3n) is 4.93. The molecule has 2 aromatic carbocycles. The van der Waals surface area contributed by atoms with Crippen molar-refractivity contribution in [2.45, 2.75) is 52.1 Å². The van der Waals surface area contributed by atoms with Gasteiger partial charge in [0.25, 0.3) is 0 Å². The van der Waals surface area contributed by atoms with Gasteiger partial charge >= 0.3 is 0 Å². The fourth-order valence-electron chi connectivity index (χ4n) is 3.19. The minimum atomic E-state index is -0.637. The summed E-state index contributed by atoms with van der Waals surface area (Å²) in [5.74, 6) is -0.413. The minimum Gasteiger partial charge on any atom is -0.354 e. The molecule has 0 radical (unpaired) electrons. The van der Waals surface area contributed by atoms with Crippen molar-refractivity contribution in [3.8, 4) is 0 Å². The molecule has 4 nitrogen and oxygen atoms in total. The van der Waals surface area contributed by atoms with E-state index in [1.165, 1.54) is 0 Å². The van der Waals surface area contributed by atoms with E-state index < -0.39 is 6.04 Å². The van der Waals surface area contributed by atoms with E-state index in [1.54, 1.807) is 41.3 Å². The van der Waals surface area contributed by atoms with Crippen molar-refractivity contribution in [3.63, 3.8) is 0 Å². The molecule has 0 saturated heterocycles. The molecule has 168 valence electrons. The molecule has 1 N–H and O–H groups in total. The first-order chi connectivity index (χ1) is 14.8. The van der Waals surface area contributed by atoms with Crippen LogP contribution in [0, 0.1) is 0 Å². The summed E-state index contributed by atoms with van der Waals surface area (Å²) >= 11 is 24.6. The molecule has 2 aromatic rings. The van der Waals surface area contributed by atoms with Gasteiger partial charge in [-0.2, -0.15) is 0 Å². The molecule has 0 aliphatic carbocycles. The first kappa shape index (κ1) is 25.8. The second-order valence-electron chi connectivity index (χ2n) is 7.24. The standard InChI is InChI=1S/C23H26Cl4N2O2/c1-3-5-10-28-23(31)21(4-2)29(14-16-7-9-18(25)13-20(16)27)22(30)11-15-6-8-17(24)12-19(15)26/h6-9,12-13,21H,3-5,10-11,14H2,1-2H3,(H,28,31)/t21-/m0/s1. The number of carbonyl (C=O) groups excluding carboxylic acids is 2. The van der Waals surface area contributed by atoms with Crippen LogP contribution in [0.3, 0.4) is 0 Å². The fraction of sp³-hybridized carbons (Fsp3) is 0.391. The van der Waals surface area contributed by atoms with Crippen LogP contribution in [-0.2, 0) is 22.6 Å². The highest BCUT2D eigenvalue weighted by atomic mass is 35.5. The normalized spacial score (nSPS) is 11.8. The highest BCUT2D eigenvalue weighted by Gasteiger charge is 2.29. The molecule has 1 atom stereocenters. The number of unbranched alkanes of at least 4 members (excludes halogenated alkanes) is 1. The Hall–Kier alpha value is -1.46. The van der Waals surface area contributed by atoms with Gasteiger partial charge < -0.3 is 10.2 Å². The molecule has 0 aliphatic rings. The van der Waals surface area contributed by atoms with Gasteiger partial charge in [-0.05, 0) is 48.2 Å². The lowest BCUT2D eigenvalue weighted by molar-refractivity contribution is -0.140. The van der Waals surface area contributed by atoms with Crippen LogP contribution in [0.15, 0.2) is 36.4 Å². The SMILES string of the molecule is CCCCNC(=O)[C@H](CC)N(Cc1ccc(Cl)cc1Cl)C(=O)Cc1ccc(Cl)cc1Cl. The van der Waals surface area contributed by atoms with Crippen molar-refractivity contribution in [3.05, 3.63) is 67.6 Å². The number of carbonyl (C=O) groups is 2. The van der Waals surface area contributed by atoms with Gasteiger partial charge in [0.15, 0.2) is 0 Å². The highest BCUT2D eigenvalue weighted by molar-refractivity contribution is 6.35. The number of hydrogen-bond donors (Lipinski definition) is 1. The first-order valence-electron chi connectivity index (χ1n) is 10.2. The Morgan fingerprint density at radius 2 is 1.52 bits per heavy atom. The second-order valence-corrected chi connectivity index (χ2v) is 8.93. The first-order valence-corrected chi connectivity index (χ1v) is 11.7. The summed E-state index contributed by atoms with van der Waals surface area (Å²) in [5.41, 5.74) is 1.35. The lowest BCUT2D eigenvalue weighted by atomic mass is 10.1. The largest absolute Gasteiger partial charge is 0.354 e. The molecule has 2 amide bonds. The molecule has 0 aliphatic heterocycles. The Morgan fingerprint density at radius 3 is 2.03 bits per heavy atom. The van der Waals surface area contributed by atoms with Crippen molar-refractivity contribution < 1.29 is 9.59 Å². The van der Waals surface area contributed by atoms with Crippen LogP contribution < -0.4 is 5.32 Å². The maximum Gasteiger partial charge on any atom is 0.242 e. The topological polar surface area (TPSA) is 49.4 Å². The summed E-state index contributed by atoms with van der Waals surface area (Å²) in [5, 5.41) is 4.78. The van der Waals surface area contributed by atoms with E-state index in [2.05, 4.69) is 12.2 Å². The number of nitrogens with zero attached hydrogens (tertiary/aromatic N) is 1. The van der Waals surface area contributed by atoms with Crippen LogP contribution in [0.2, 0.25) is 20.1 Å². The third kappa shape index (κ3) is 7.57. The van der Waals surface area contributed by atoms with Crippen LogP contribution in [0.1, 0.15) is 44.2 Å². The molecule has 8 heteroatoms. The van der Waals surface area contributed by atoms with Gasteiger partial charge in [0, 0.05) is 33.2 Å². The van der Waals surface area contributed by atoms with Crippen LogP contribution in [0.25, 0.3) is 0 Å². The number of rotatable bonds is 10. The van der Waals surface area contributed by atoms with E-state index in [4.69, 9.17) is 46.4 Å². The Morgan fingerprint density at radius 1 is 0.935 bits per heavy atom. The molecule has 0 saturated carbocycles. The summed E-state index contributed by atoms with van der Waals surface area (Å²) in [7, 11) is 0. The maximum absolute atomic E-state index is 13.4. The molecule has 0 aromatic heterocycles. The number of hydrogen-bond acceptors (Lipinski definition) is 2. The zero-order chi connectivity index (χ0) is 23.0. The smallest absolute Gasteiger partial charge is 0.242 e. The molecular formula is C23H26Cl4N2O2. The van der Waals surface area contributed by atoms with Crippen molar-refractivity contribution in [1.29, 1.82) is 0 Å². The third-order valence-corrected chi connectivity index (χ3v) is 6.10. The molecule has 2 rings (SSSR count). The Labute approximate surface area is 203 Å². The second kappa shape index (κ2) is 12.5. The average Bonchev–Trinajstić information content (AvgIpc) is 2.71. The molecular weight excluding hydrogens is 478 g/mol. The van der Waals surface area contributed by atoms with E-state index >= 15 is 0 Å². The summed E-state index contributed by atoms with van der Waals surface area (Å²) in [4.78, 5) is 27.8. The molecule has 0 heterocycles. The Bertz CT molecular complexity index is 920. The van der Waals surface area contributed by atoms with E-state index in [0.29, 0.717) is 44.2 Å². The van der Waals surface area contributed by atoms with Crippen molar-refractivity contribution in [2.24, 2.45) is 0 Å². The summed E-state index contributed by atoms with van der Waals surface area (Å²) in [6, 6.07) is 9.47. The number of amides is 2. The fourth-order valence-corrected chi connectivity index (χ4v) is 4.13. The molecule has 0 fully saturated rings. The van der Waals surface area contributed by atoms with Crippen molar-refractivity contribution in [1.82, 2.24) is 10.2 Å². The van der Waals surface area contributed by atoms with Gasteiger partial charge in [0.2, 0.25) is 11.8 Å². The van der Waals surface area contributed by atoms with Gasteiger partial charge in [-0.15, -0.1) is 0 Å². The molecule has 0 bridgehead atoms. The van der Waals surface area contributed by atoms with E-state index in [1.807, 2.05) is 6.92 Å². The summed E-state index contributed by atoms with van der Waals surface area (Å²) < 4.78 is 0. The van der Waals surface area contributed by atoms with E-state index in [-0.39, 0.29) is 24.8 Å². The van der Waals surface area contributed by atoms with E-state index in [0.717, 1.165) is 12.8 Å². The van der Waals surface area contributed by atoms with Crippen LogP contribution in [0.4, 0.5) is 0 Å². The molecule has 0 spiro atoms. The van der Waals surface area contributed by atoms with Gasteiger partial charge in [-0.25, -0.2) is 0 Å². The Kier molecular flexibility index (Phi) is 10.4. The van der Waals surface area contributed by atoms with Crippen molar-refractivity contribution in [2.75, 3.05) is 6.54 Å². The quantitative estimate of drug-likeness (QED) is 0.373. The zero-order valence-corrected chi connectivity index (χ0v) is 20.6. The summed E-state index contributed by atoms with van der Waals surface area (Å²) in [6.45, 7) is 4.68. The zero-order valence-electron chi connectivity index (χ0n) is 17.6. The van der Waals surface area contributed by atoms with Crippen LogP contribution in [-0.4, -0.2) is 29.3 Å². The number of nitrogens with one attached hydrogen (secondary N) is 1. The van der Waals surface area contributed by atoms with Gasteiger partial charge in [-0.3, -0.25) is 9.59 Å². The predicted molar refractivity (Wildman–Crippen MR) is 129 cm³/mol. The van der Waals surface area contributed by atoms with E-state index in [9.17, 15) is 9.59 Å². The lowest BCUT2D eigenvalue weighted by Gasteiger charge is -2.31. The predicted octanol–water partition coefficient (Wildman–Crippen LogP) is 6.57. The van der Waals surface area contributed by atoms with Gasteiger partial charge in [-0.1, -0.05) is 78.8 Å². The van der Waals surface area contributed by atoms with Crippen molar-refractivity contribution >= 4 is 58.2 Å². The summed E-state index contributed by atoms with van der Waals surface area (Å²) in [6.07, 6.45) is 2.35. The number of halogens is 4. The van der Waals surface area contributed by atoms with Crippen LogP contribution in [0.5, 0.6) is 0 Å². The highest BCUT2D eigenvalue weighted by Crippen LogP contribution is 2.26. The van der Waals surface area contributed by atoms with Gasteiger partial charge in [0.1, 0.15) is 6.04 Å². The Balaban J connectivity index is 2.32. The number of benzene rings is 2. The van der Waals surface area contributed by atoms with Gasteiger partial charge in [0.05, 0.1) is 6.42 Å². The average molecular weight is 504 g/mol. The molecule has 0 unspecified atom stereocenters. The minimum absolute atomic E-state index is 0.0416.